The Hall–Kier alpha value is -2.10. The van der Waals surface area contributed by atoms with E-state index in [4.69, 9.17) is 0 Å². The molecule has 4 nitrogen and oxygen atoms in total. The third-order valence-corrected chi connectivity index (χ3v) is 4.55. The molecule has 0 saturated carbocycles. The van der Waals surface area contributed by atoms with Crippen molar-refractivity contribution in [3.8, 4) is 0 Å². The fourth-order valence-corrected chi connectivity index (χ4v) is 3.00. The smallest absolute Gasteiger partial charge is 0.309 e. The van der Waals surface area contributed by atoms with Crippen LogP contribution < -0.4 is 4.90 Å². The molecule has 110 valence electrons. The number of carboxylic acids is 1. The van der Waals surface area contributed by atoms with Crippen LogP contribution in [0, 0.1) is 12.3 Å². The molecule has 4 heteroatoms. The molecule has 0 radical (unpaired) electrons. The number of piperidine rings is 1. The van der Waals surface area contributed by atoms with Gasteiger partial charge < -0.3 is 10.0 Å². The summed E-state index contributed by atoms with van der Waals surface area (Å²) >= 11 is 0. The van der Waals surface area contributed by atoms with Gasteiger partial charge in [0.25, 0.3) is 0 Å². The van der Waals surface area contributed by atoms with Crippen molar-refractivity contribution in [1.82, 2.24) is 4.98 Å². The molecule has 1 aromatic carbocycles. The topological polar surface area (TPSA) is 53.4 Å². The van der Waals surface area contributed by atoms with Crippen LogP contribution in [0.4, 0.5) is 5.69 Å². The highest BCUT2D eigenvalue weighted by Crippen LogP contribution is 2.35. The van der Waals surface area contributed by atoms with E-state index in [0.29, 0.717) is 12.8 Å². The summed E-state index contributed by atoms with van der Waals surface area (Å²) in [5.74, 6) is -0.682. The summed E-state index contributed by atoms with van der Waals surface area (Å²) in [6.45, 7) is 5.40. The lowest BCUT2D eigenvalue weighted by Gasteiger charge is -2.38. The first-order valence-electron chi connectivity index (χ1n) is 7.34. The summed E-state index contributed by atoms with van der Waals surface area (Å²) in [7, 11) is 0. The lowest BCUT2D eigenvalue weighted by molar-refractivity contribution is -0.149. The number of hydrogen-bond acceptors (Lipinski definition) is 3. The standard InChI is InChI=1S/C17H20N2O2/c1-12-11-15(13-5-3-4-6-14(13)18-12)19-9-7-17(2,8-10-19)16(20)21/h3-6,11H,7-10H2,1-2H3,(H,20,21). The SMILES string of the molecule is Cc1cc(N2CCC(C)(C(=O)O)CC2)c2ccccc2n1. The Kier molecular flexibility index (Phi) is 3.32. The van der Waals surface area contributed by atoms with Gasteiger partial charge in [-0.1, -0.05) is 18.2 Å². The lowest BCUT2D eigenvalue weighted by atomic mass is 9.80. The minimum atomic E-state index is -0.682. The van der Waals surface area contributed by atoms with Crippen LogP contribution in [0.3, 0.4) is 0 Å². The number of nitrogens with zero attached hydrogens (tertiary/aromatic N) is 2. The Morgan fingerprint density at radius 3 is 2.62 bits per heavy atom. The van der Waals surface area contributed by atoms with Gasteiger partial charge in [-0.15, -0.1) is 0 Å². The molecule has 1 fully saturated rings. The maximum Gasteiger partial charge on any atom is 0.309 e. The molecule has 1 aliphatic heterocycles. The number of aromatic nitrogens is 1. The molecule has 1 aliphatic rings. The van der Waals surface area contributed by atoms with E-state index in [1.807, 2.05) is 32.0 Å². The molecule has 0 spiro atoms. The molecule has 0 amide bonds. The number of hydrogen-bond donors (Lipinski definition) is 1. The highest BCUT2D eigenvalue weighted by Gasteiger charge is 2.37. The van der Waals surface area contributed by atoms with E-state index in [1.54, 1.807) is 0 Å². The first-order chi connectivity index (χ1) is 9.99. The number of aryl methyl sites for hydroxylation is 1. The Labute approximate surface area is 124 Å². The molecule has 1 aromatic heterocycles. The Morgan fingerprint density at radius 1 is 1.29 bits per heavy atom. The maximum absolute atomic E-state index is 11.4. The molecular weight excluding hydrogens is 264 g/mol. The van der Waals surface area contributed by atoms with Crippen molar-refractivity contribution in [3.63, 3.8) is 0 Å². The third-order valence-electron chi connectivity index (χ3n) is 4.55. The Morgan fingerprint density at radius 2 is 1.95 bits per heavy atom. The van der Waals surface area contributed by atoms with Crippen LogP contribution in [0.1, 0.15) is 25.5 Å². The van der Waals surface area contributed by atoms with E-state index in [2.05, 4.69) is 22.0 Å². The minimum Gasteiger partial charge on any atom is -0.481 e. The van der Waals surface area contributed by atoms with Gasteiger partial charge >= 0.3 is 5.97 Å². The molecule has 1 saturated heterocycles. The summed E-state index contributed by atoms with van der Waals surface area (Å²) in [5, 5.41) is 10.5. The average Bonchev–Trinajstić information content (AvgIpc) is 2.47. The van der Waals surface area contributed by atoms with Crippen molar-refractivity contribution >= 4 is 22.6 Å². The second kappa shape index (κ2) is 5.02. The van der Waals surface area contributed by atoms with E-state index in [0.717, 1.165) is 29.7 Å². The number of para-hydroxylation sites is 1. The summed E-state index contributed by atoms with van der Waals surface area (Å²) in [6.07, 6.45) is 1.36. The van der Waals surface area contributed by atoms with Crippen LogP contribution in [0.2, 0.25) is 0 Å². The highest BCUT2D eigenvalue weighted by molar-refractivity contribution is 5.92. The number of pyridine rings is 1. The van der Waals surface area contributed by atoms with Crippen molar-refractivity contribution in [3.05, 3.63) is 36.0 Å². The first kappa shape index (κ1) is 13.9. The molecule has 0 unspecified atom stereocenters. The van der Waals surface area contributed by atoms with Gasteiger partial charge in [0.05, 0.1) is 10.9 Å². The number of benzene rings is 1. The van der Waals surface area contributed by atoms with E-state index in [-0.39, 0.29) is 0 Å². The maximum atomic E-state index is 11.4. The summed E-state index contributed by atoms with van der Waals surface area (Å²) in [4.78, 5) is 18.2. The number of fused-ring (bicyclic) bond motifs is 1. The predicted molar refractivity (Wildman–Crippen MR) is 83.7 cm³/mol. The zero-order valence-electron chi connectivity index (χ0n) is 12.5. The van der Waals surface area contributed by atoms with Crippen LogP contribution >= 0.6 is 0 Å². The van der Waals surface area contributed by atoms with Crippen LogP contribution in [-0.4, -0.2) is 29.1 Å². The van der Waals surface area contributed by atoms with Crippen LogP contribution in [-0.2, 0) is 4.79 Å². The van der Waals surface area contributed by atoms with Crippen LogP contribution in [0.5, 0.6) is 0 Å². The number of rotatable bonds is 2. The van der Waals surface area contributed by atoms with Crippen molar-refractivity contribution < 1.29 is 9.90 Å². The fourth-order valence-electron chi connectivity index (χ4n) is 3.00. The number of carboxylic acid groups (broad SMARTS) is 1. The minimum absolute atomic E-state index is 0.589. The fraction of sp³-hybridized carbons (Fsp3) is 0.412. The molecule has 21 heavy (non-hydrogen) atoms. The van der Waals surface area contributed by atoms with Crippen molar-refractivity contribution in [2.45, 2.75) is 26.7 Å². The summed E-state index contributed by atoms with van der Waals surface area (Å²) < 4.78 is 0. The summed E-state index contributed by atoms with van der Waals surface area (Å²) in [6, 6.07) is 10.2. The molecule has 3 rings (SSSR count). The number of anilines is 1. The quantitative estimate of drug-likeness (QED) is 0.920. The second-order valence-electron chi connectivity index (χ2n) is 6.15. The molecule has 0 atom stereocenters. The lowest BCUT2D eigenvalue weighted by Crippen LogP contribution is -2.42. The van der Waals surface area contributed by atoms with Crippen molar-refractivity contribution in [2.75, 3.05) is 18.0 Å². The molecule has 0 aliphatic carbocycles. The van der Waals surface area contributed by atoms with Gasteiger partial charge in [0.15, 0.2) is 0 Å². The third kappa shape index (κ3) is 2.46. The molecule has 0 bridgehead atoms. The highest BCUT2D eigenvalue weighted by atomic mass is 16.4. The normalized spacial score (nSPS) is 17.9. The van der Waals surface area contributed by atoms with E-state index < -0.39 is 11.4 Å². The number of carbonyl (C=O) groups is 1. The van der Waals surface area contributed by atoms with Gasteiger partial charge in [0.2, 0.25) is 0 Å². The average molecular weight is 284 g/mol. The van der Waals surface area contributed by atoms with Crippen LogP contribution in [0.25, 0.3) is 10.9 Å². The van der Waals surface area contributed by atoms with E-state index in [1.165, 1.54) is 5.69 Å². The predicted octanol–water partition coefficient (Wildman–Crippen LogP) is 3.23. The van der Waals surface area contributed by atoms with Crippen molar-refractivity contribution in [1.29, 1.82) is 0 Å². The van der Waals surface area contributed by atoms with Gasteiger partial charge in [0, 0.05) is 29.9 Å². The Balaban J connectivity index is 1.94. The van der Waals surface area contributed by atoms with Crippen molar-refractivity contribution in [2.24, 2.45) is 5.41 Å². The second-order valence-corrected chi connectivity index (χ2v) is 6.15. The molecule has 1 N–H and O–H groups in total. The van der Waals surface area contributed by atoms with Gasteiger partial charge in [-0.2, -0.15) is 0 Å². The van der Waals surface area contributed by atoms with Gasteiger partial charge in [-0.25, -0.2) is 0 Å². The van der Waals surface area contributed by atoms with Gasteiger partial charge in [-0.3, -0.25) is 9.78 Å². The van der Waals surface area contributed by atoms with E-state index in [9.17, 15) is 9.90 Å². The summed E-state index contributed by atoms with van der Waals surface area (Å²) in [5.41, 5.74) is 2.58. The zero-order valence-corrected chi connectivity index (χ0v) is 12.5. The monoisotopic (exact) mass is 284 g/mol. The number of aliphatic carboxylic acids is 1. The molecule has 2 aromatic rings. The zero-order chi connectivity index (χ0) is 15.0. The van der Waals surface area contributed by atoms with Crippen LogP contribution in [0.15, 0.2) is 30.3 Å². The molecular formula is C17H20N2O2. The van der Waals surface area contributed by atoms with Gasteiger partial charge in [0.1, 0.15) is 0 Å². The largest absolute Gasteiger partial charge is 0.481 e. The van der Waals surface area contributed by atoms with E-state index >= 15 is 0 Å². The molecule has 2 heterocycles. The Bertz CT molecular complexity index is 688. The van der Waals surface area contributed by atoms with Gasteiger partial charge in [-0.05, 0) is 38.8 Å². The first-order valence-corrected chi connectivity index (χ1v) is 7.34.